The highest BCUT2D eigenvalue weighted by Crippen LogP contribution is 2.51. The lowest BCUT2D eigenvalue weighted by Crippen LogP contribution is -2.28. The minimum atomic E-state index is -0.592. The SMILES string of the molecule is O=C(Nc1ccn(-c2ccnc(F)c2)n1)C1(c2ccccc2Cl)CC1. The predicted octanol–water partition coefficient (Wildman–Crippen LogP) is 3.73. The van der Waals surface area contributed by atoms with Gasteiger partial charge in [0.2, 0.25) is 11.9 Å². The Morgan fingerprint density at radius 2 is 2.04 bits per heavy atom. The summed E-state index contributed by atoms with van der Waals surface area (Å²) in [7, 11) is 0. The van der Waals surface area contributed by atoms with Gasteiger partial charge in [-0.1, -0.05) is 29.8 Å². The second kappa shape index (κ2) is 5.97. The smallest absolute Gasteiger partial charge is 0.236 e. The van der Waals surface area contributed by atoms with Gasteiger partial charge < -0.3 is 5.32 Å². The van der Waals surface area contributed by atoms with Gasteiger partial charge in [-0.05, 0) is 30.5 Å². The number of benzene rings is 1. The van der Waals surface area contributed by atoms with Crippen LogP contribution in [-0.2, 0) is 10.2 Å². The van der Waals surface area contributed by atoms with E-state index in [9.17, 15) is 9.18 Å². The minimum Gasteiger partial charge on any atom is -0.308 e. The van der Waals surface area contributed by atoms with E-state index in [4.69, 9.17) is 11.6 Å². The lowest BCUT2D eigenvalue weighted by Gasteiger charge is -2.16. The first-order valence-electron chi connectivity index (χ1n) is 7.83. The molecule has 5 nitrogen and oxygen atoms in total. The number of anilines is 1. The summed E-state index contributed by atoms with van der Waals surface area (Å²) < 4.78 is 14.7. The van der Waals surface area contributed by atoms with Crippen LogP contribution in [0.15, 0.2) is 54.9 Å². The van der Waals surface area contributed by atoms with Crippen LogP contribution in [0.3, 0.4) is 0 Å². The Balaban J connectivity index is 1.55. The van der Waals surface area contributed by atoms with Gasteiger partial charge in [0, 0.05) is 29.5 Å². The number of rotatable bonds is 4. The Morgan fingerprint density at radius 1 is 1.24 bits per heavy atom. The molecular weight excluding hydrogens is 343 g/mol. The highest BCUT2D eigenvalue weighted by atomic mass is 35.5. The molecule has 1 N–H and O–H groups in total. The van der Waals surface area contributed by atoms with Crippen molar-refractivity contribution < 1.29 is 9.18 Å². The highest BCUT2D eigenvalue weighted by molar-refractivity contribution is 6.32. The topological polar surface area (TPSA) is 59.8 Å². The monoisotopic (exact) mass is 356 g/mol. The molecule has 1 aliphatic carbocycles. The predicted molar refractivity (Wildman–Crippen MR) is 92.3 cm³/mol. The second-order valence-electron chi connectivity index (χ2n) is 6.00. The molecule has 0 atom stereocenters. The largest absolute Gasteiger partial charge is 0.308 e. The quantitative estimate of drug-likeness (QED) is 0.724. The van der Waals surface area contributed by atoms with Crippen molar-refractivity contribution in [3.8, 4) is 5.69 Å². The molecule has 0 bridgehead atoms. The molecule has 1 aromatic carbocycles. The summed E-state index contributed by atoms with van der Waals surface area (Å²) in [4.78, 5) is 16.3. The van der Waals surface area contributed by atoms with Crippen LogP contribution < -0.4 is 5.32 Å². The van der Waals surface area contributed by atoms with E-state index in [1.165, 1.54) is 16.9 Å². The molecule has 1 aliphatic rings. The van der Waals surface area contributed by atoms with E-state index in [0.717, 1.165) is 18.4 Å². The number of hydrogen-bond acceptors (Lipinski definition) is 3. The maximum atomic E-state index is 13.2. The van der Waals surface area contributed by atoms with Gasteiger partial charge in [-0.2, -0.15) is 9.49 Å². The molecule has 1 amide bonds. The molecule has 25 heavy (non-hydrogen) atoms. The number of carbonyl (C=O) groups excluding carboxylic acids is 1. The number of nitrogens with one attached hydrogen (secondary N) is 1. The van der Waals surface area contributed by atoms with Crippen LogP contribution in [0.25, 0.3) is 5.69 Å². The average molecular weight is 357 g/mol. The van der Waals surface area contributed by atoms with Gasteiger partial charge in [-0.25, -0.2) is 9.67 Å². The number of pyridine rings is 1. The molecule has 1 fully saturated rings. The summed E-state index contributed by atoms with van der Waals surface area (Å²) >= 11 is 6.25. The minimum absolute atomic E-state index is 0.133. The van der Waals surface area contributed by atoms with Crippen molar-refractivity contribution in [2.45, 2.75) is 18.3 Å². The Kier molecular flexibility index (Phi) is 3.77. The first-order chi connectivity index (χ1) is 12.1. The summed E-state index contributed by atoms with van der Waals surface area (Å²) in [5.41, 5.74) is 0.773. The Bertz CT molecular complexity index is 952. The van der Waals surface area contributed by atoms with Crippen molar-refractivity contribution in [1.29, 1.82) is 0 Å². The van der Waals surface area contributed by atoms with E-state index in [1.54, 1.807) is 24.4 Å². The second-order valence-corrected chi connectivity index (χ2v) is 6.41. The summed E-state index contributed by atoms with van der Waals surface area (Å²) in [5, 5.41) is 7.70. The number of carbonyl (C=O) groups is 1. The molecule has 0 saturated heterocycles. The molecule has 2 aromatic heterocycles. The fourth-order valence-corrected chi connectivity index (χ4v) is 3.21. The number of aromatic nitrogens is 3. The molecule has 1 saturated carbocycles. The summed E-state index contributed by atoms with van der Waals surface area (Å²) in [6.07, 6.45) is 4.51. The highest BCUT2D eigenvalue weighted by Gasteiger charge is 2.52. The zero-order valence-electron chi connectivity index (χ0n) is 13.1. The lowest BCUT2D eigenvalue weighted by molar-refractivity contribution is -0.118. The Hall–Kier alpha value is -2.73. The van der Waals surface area contributed by atoms with Gasteiger partial charge in [0.1, 0.15) is 0 Å². The van der Waals surface area contributed by atoms with Crippen LogP contribution in [0.4, 0.5) is 10.2 Å². The van der Waals surface area contributed by atoms with E-state index in [1.807, 2.05) is 18.2 Å². The molecule has 2 heterocycles. The number of halogens is 2. The Labute approximate surface area is 148 Å². The van der Waals surface area contributed by atoms with E-state index >= 15 is 0 Å². The van der Waals surface area contributed by atoms with Crippen molar-refractivity contribution >= 4 is 23.3 Å². The summed E-state index contributed by atoms with van der Waals surface area (Å²) in [6.45, 7) is 0. The van der Waals surface area contributed by atoms with Gasteiger partial charge >= 0.3 is 0 Å². The van der Waals surface area contributed by atoms with E-state index in [-0.39, 0.29) is 5.91 Å². The van der Waals surface area contributed by atoms with E-state index in [0.29, 0.717) is 16.5 Å². The molecule has 4 rings (SSSR count). The van der Waals surface area contributed by atoms with Crippen molar-refractivity contribution in [2.24, 2.45) is 0 Å². The normalized spacial score (nSPS) is 15.0. The van der Waals surface area contributed by atoms with Crippen molar-refractivity contribution in [3.63, 3.8) is 0 Å². The summed E-state index contributed by atoms with van der Waals surface area (Å²) in [6, 6.07) is 12.0. The molecule has 3 aromatic rings. The van der Waals surface area contributed by atoms with E-state index in [2.05, 4.69) is 15.4 Å². The van der Waals surface area contributed by atoms with Crippen molar-refractivity contribution in [3.05, 3.63) is 71.4 Å². The molecule has 0 unspecified atom stereocenters. The van der Waals surface area contributed by atoms with Gasteiger partial charge in [0.05, 0.1) is 11.1 Å². The molecule has 0 radical (unpaired) electrons. The molecule has 0 spiro atoms. The van der Waals surface area contributed by atoms with Crippen molar-refractivity contribution in [1.82, 2.24) is 14.8 Å². The zero-order chi connectivity index (χ0) is 17.4. The van der Waals surface area contributed by atoms with Crippen LogP contribution in [-0.4, -0.2) is 20.7 Å². The Morgan fingerprint density at radius 3 is 2.76 bits per heavy atom. The maximum Gasteiger partial charge on any atom is 0.236 e. The van der Waals surface area contributed by atoms with Gasteiger partial charge in [-0.15, -0.1) is 0 Å². The third-order valence-corrected chi connectivity index (χ3v) is 4.71. The molecule has 0 aliphatic heterocycles. The van der Waals surface area contributed by atoms with E-state index < -0.39 is 11.4 Å². The first-order valence-corrected chi connectivity index (χ1v) is 8.20. The molecule has 7 heteroatoms. The summed E-state index contributed by atoms with van der Waals surface area (Å²) in [5.74, 6) is -0.318. The van der Waals surface area contributed by atoms with Gasteiger partial charge in [0.15, 0.2) is 5.82 Å². The van der Waals surface area contributed by atoms with Crippen LogP contribution in [0.2, 0.25) is 5.02 Å². The first kappa shape index (κ1) is 15.8. The maximum absolute atomic E-state index is 13.2. The zero-order valence-corrected chi connectivity index (χ0v) is 13.9. The fourth-order valence-electron chi connectivity index (χ4n) is 2.90. The lowest BCUT2D eigenvalue weighted by atomic mass is 9.95. The van der Waals surface area contributed by atoms with Crippen LogP contribution in [0.5, 0.6) is 0 Å². The van der Waals surface area contributed by atoms with Crippen LogP contribution >= 0.6 is 11.6 Å². The van der Waals surface area contributed by atoms with Gasteiger partial charge in [0.25, 0.3) is 0 Å². The number of hydrogen-bond donors (Lipinski definition) is 1. The number of nitrogens with zero attached hydrogens (tertiary/aromatic N) is 3. The van der Waals surface area contributed by atoms with Crippen LogP contribution in [0, 0.1) is 5.95 Å². The third-order valence-electron chi connectivity index (χ3n) is 4.38. The fraction of sp³-hybridized carbons (Fsp3) is 0.167. The third kappa shape index (κ3) is 2.89. The number of amides is 1. The average Bonchev–Trinajstić information content (AvgIpc) is 3.28. The van der Waals surface area contributed by atoms with Crippen molar-refractivity contribution in [2.75, 3.05) is 5.32 Å². The standard InChI is InChI=1S/C18H14ClFN4O/c19-14-4-2-1-3-13(14)18(7-8-18)17(25)22-16-6-10-24(23-16)12-5-9-21-15(20)11-12/h1-6,9-11H,7-8H2,(H,22,23,25). The molecular formula is C18H14ClFN4O. The molecule has 126 valence electrons. The van der Waals surface area contributed by atoms with Crippen LogP contribution in [0.1, 0.15) is 18.4 Å². The van der Waals surface area contributed by atoms with Gasteiger partial charge in [-0.3, -0.25) is 4.79 Å².